The van der Waals surface area contributed by atoms with Gasteiger partial charge in [-0.25, -0.2) is 14.8 Å². The molecule has 2 heterocycles. The number of nitrogens with one attached hydrogen (secondary N) is 1. The molecule has 13 heteroatoms. The third-order valence-corrected chi connectivity index (χ3v) is 6.21. The Kier molecular flexibility index (Phi) is 6.93. The van der Waals surface area contributed by atoms with Crippen LogP contribution in [-0.2, 0) is 15.7 Å². The summed E-state index contributed by atoms with van der Waals surface area (Å²) in [7, 11) is 0. The Balaban J connectivity index is 1.54. The number of esters is 1. The summed E-state index contributed by atoms with van der Waals surface area (Å²) in [5.74, 6) is -0.252. The minimum absolute atomic E-state index is 0.0424. The van der Waals surface area contributed by atoms with Crippen LogP contribution in [-0.4, -0.2) is 64.3 Å². The van der Waals surface area contributed by atoms with Crippen molar-refractivity contribution in [3.8, 4) is 0 Å². The lowest BCUT2D eigenvalue weighted by atomic mass is 10.1. The minimum Gasteiger partial charge on any atom is -0.465 e. The summed E-state index contributed by atoms with van der Waals surface area (Å²) in [4.78, 5) is 33.6. The second kappa shape index (κ2) is 9.76. The van der Waals surface area contributed by atoms with Gasteiger partial charge in [0.05, 0.1) is 6.04 Å². The largest absolute Gasteiger partial charge is 0.465 e. The van der Waals surface area contributed by atoms with E-state index in [1.54, 1.807) is 6.07 Å². The van der Waals surface area contributed by atoms with Gasteiger partial charge in [0.25, 0.3) is 0 Å². The minimum atomic E-state index is -4.64. The van der Waals surface area contributed by atoms with E-state index in [0.29, 0.717) is 25.0 Å². The number of amides is 1. The van der Waals surface area contributed by atoms with E-state index in [1.807, 2.05) is 17.0 Å². The van der Waals surface area contributed by atoms with Crippen LogP contribution < -0.4 is 10.2 Å². The first kappa shape index (κ1) is 24.8. The Morgan fingerprint density at radius 2 is 2.03 bits per heavy atom. The highest BCUT2D eigenvalue weighted by molar-refractivity contribution is 6.30. The Morgan fingerprint density at radius 1 is 1.29 bits per heavy atom. The zero-order chi connectivity index (χ0) is 25.3. The molecule has 4 rings (SSSR count). The molecule has 1 saturated carbocycles. The predicted octanol–water partition coefficient (Wildman–Crippen LogP) is 4.50. The third kappa shape index (κ3) is 5.87. The van der Waals surface area contributed by atoms with Gasteiger partial charge in [0.2, 0.25) is 5.95 Å². The van der Waals surface area contributed by atoms with E-state index in [1.165, 1.54) is 11.8 Å². The summed E-state index contributed by atoms with van der Waals surface area (Å²) in [6.45, 7) is 2.27. The molecule has 1 atom stereocenters. The number of carbonyl (C=O) groups excluding carboxylic acids is 1. The fourth-order valence-electron chi connectivity index (χ4n) is 4.02. The fourth-order valence-corrected chi connectivity index (χ4v) is 4.26. The number of anilines is 3. The lowest BCUT2D eigenvalue weighted by Crippen LogP contribution is -2.56. The van der Waals surface area contributed by atoms with E-state index < -0.39 is 35.0 Å². The van der Waals surface area contributed by atoms with Gasteiger partial charge in [-0.15, -0.1) is 0 Å². The quantitative estimate of drug-likeness (QED) is 0.429. The summed E-state index contributed by atoms with van der Waals surface area (Å²) in [6, 6.07) is 5.09. The van der Waals surface area contributed by atoms with Gasteiger partial charge in [0, 0.05) is 44.1 Å². The highest BCUT2D eigenvalue weighted by Crippen LogP contribution is 2.45. The summed E-state index contributed by atoms with van der Waals surface area (Å²) >= 11 is 5.72. The van der Waals surface area contributed by atoms with Crippen LogP contribution in [0.15, 0.2) is 24.4 Å². The molecule has 35 heavy (non-hydrogen) atoms. The number of hydrogen-bond acceptors (Lipinski definition) is 7. The van der Waals surface area contributed by atoms with Gasteiger partial charge in [-0.1, -0.05) is 11.6 Å². The van der Waals surface area contributed by atoms with E-state index in [-0.39, 0.29) is 25.0 Å². The first-order chi connectivity index (χ1) is 16.5. The van der Waals surface area contributed by atoms with Crippen molar-refractivity contribution in [3.63, 3.8) is 0 Å². The zero-order valence-corrected chi connectivity index (χ0v) is 19.4. The van der Waals surface area contributed by atoms with Crippen molar-refractivity contribution in [2.75, 3.05) is 36.5 Å². The Bertz CT molecular complexity index is 1130. The van der Waals surface area contributed by atoms with Crippen LogP contribution in [0.1, 0.15) is 36.8 Å². The number of hydrogen-bond donors (Lipinski definition) is 2. The molecule has 1 aromatic heterocycles. The van der Waals surface area contributed by atoms with Crippen molar-refractivity contribution in [1.29, 1.82) is 0 Å². The summed E-state index contributed by atoms with van der Waals surface area (Å²) in [5, 5.41) is 11.8. The van der Waals surface area contributed by atoms with Crippen molar-refractivity contribution < 1.29 is 32.6 Å². The lowest BCUT2D eigenvalue weighted by Gasteiger charge is -2.40. The summed E-state index contributed by atoms with van der Waals surface area (Å²) in [5.41, 5.74) is 1.38. The molecular formula is C22H23ClF3N5O4. The van der Waals surface area contributed by atoms with E-state index in [0.717, 1.165) is 24.1 Å². The van der Waals surface area contributed by atoms with E-state index in [9.17, 15) is 27.9 Å². The fraction of sp³-hybridized carbons (Fsp3) is 0.455. The Morgan fingerprint density at radius 3 is 2.63 bits per heavy atom. The van der Waals surface area contributed by atoms with Crippen LogP contribution >= 0.6 is 11.6 Å². The maximum atomic E-state index is 12.9. The SMILES string of the molecule is CC(=O)OC[C@H]1CN(c2ccc(Nc3ncc(C(F)(F)F)c(Cl)n3)c(C3CC3)c2)CCN1C(=O)O. The van der Waals surface area contributed by atoms with Crippen LogP contribution in [0.5, 0.6) is 0 Å². The molecule has 1 aromatic carbocycles. The van der Waals surface area contributed by atoms with Gasteiger partial charge in [-0.3, -0.25) is 9.69 Å². The molecule has 1 aliphatic carbocycles. The van der Waals surface area contributed by atoms with Gasteiger partial charge in [-0.05, 0) is 42.5 Å². The highest BCUT2D eigenvalue weighted by Gasteiger charge is 2.35. The van der Waals surface area contributed by atoms with Crippen LogP contribution in [0.2, 0.25) is 5.15 Å². The lowest BCUT2D eigenvalue weighted by molar-refractivity contribution is -0.142. The number of nitrogens with zero attached hydrogens (tertiary/aromatic N) is 4. The predicted molar refractivity (Wildman–Crippen MR) is 121 cm³/mol. The molecule has 9 nitrogen and oxygen atoms in total. The number of rotatable bonds is 6. The number of benzene rings is 1. The Hall–Kier alpha value is -3.28. The van der Waals surface area contributed by atoms with Gasteiger partial charge in [0.1, 0.15) is 17.3 Å². The molecule has 188 valence electrons. The van der Waals surface area contributed by atoms with E-state index in [2.05, 4.69) is 15.3 Å². The van der Waals surface area contributed by atoms with Crippen molar-refractivity contribution in [2.45, 2.75) is 37.9 Å². The summed E-state index contributed by atoms with van der Waals surface area (Å²) < 4.78 is 43.9. The molecule has 0 radical (unpaired) electrons. The first-order valence-corrected chi connectivity index (χ1v) is 11.3. The number of carbonyl (C=O) groups is 2. The van der Waals surface area contributed by atoms with Crippen molar-refractivity contribution >= 4 is 41.0 Å². The molecule has 2 aliphatic rings. The Labute approximate surface area is 203 Å². The molecule has 1 saturated heterocycles. The second-order valence-corrected chi connectivity index (χ2v) is 8.80. The number of aromatic nitrogens is 2. The number of piperazine rings is 1. The second-order valence-electron chi connectivity index (χ2n) is 8.45. The molecule has 0 bridgehead atoms. The number of halogens is 4. The molecular weight excluding hydrogens is 491 g/mol. The number of ether oxygens (including phenoxy) is 1. The van der Waals surface area contributed by atoms with Gasteiger partial charge >= 0.3 is 18.2 Å². The van der Waals surface area contributed by atoms with Gasteiger partial charge in [0.15, 0.2) is 0 Å². The molecule has 0 spiro atoms. The van der Waals surface area contributed by atoms with Crippen molar-refractivity contribution in [2.24, 2.45) is 0 Å². The van der Waals surface area contributed by atoms with Crippen LogP contribution in [0.4, 0.5) is 35.3 Å². The van der Waals surface area contributed by atoms with Crippen molar-refractivity contribution in [1.82, 2.24) is 14.9 Å². The van der Waals surface area contributed by atoms with Gasteiger partial charge in [-0.2, -0.15) is 13.2 Å². The molecule has 1 aliphatic heterocycles. The van der Waals surface area contributed by atoms with Crippen LogP contribution in [0.3, 0.4) is 0 Å². The maximum absolute atomic E-state index is 12.9. The smallest absolute Gasteiger partial charge is 0.420 e. The number of alkyl halides is 3. The molecule has 2 N–H and O–H groups in total. The van der Waals surface area contributed by atoms with Gasteiger partial charge < -0.3 is 20.1 Å². The molecule has 0 unspecified atom stereocenters. The first-order valence-electron chi connectivity index (χ1n) is 10.9. The normalized spacial score (nSPS) is 18.4. The molecule has 2 aromatic rings. The average Bonchev–Trinajstić information content (AvgIpc) is 3.62. The summed E-state index contributed by atoms with van der Waals surface area (Å²) in [6.07, 6.45) is -3.14. The average molecular weight is 514 g/mol. The van der Waals surface area contributed by atoms with Crippen LogP contribution in [0.25, 0.3) is 0 Å². The third-order valence-electron chi connectivity index (χ3n) is 5.92. The number of carboxylic acid groups (broad SMARTS) is 1. The topological polar surface area (TPSA) is 108 Å². The molecule has 2 fully saturated rings. The standard InChI is InChI=1S/C22H23ClF3N5O4/c1-12(32)35-11-15-10-30(6-7-31(15)21(33)34)14-4-5-18(16(8-14)13-2-3-13)28-20-27-9-17(19(23)29-20)22(24,25)26/h4-5,8-9,13,15H,2-3,6-7,10-11H2,1H3,(H,33,34)(H,27,28,29)/t15-/m1/s1. The molecule has 1 amide bonds. The maximum Gasteiger partial charge on any atom is 0.420 e. The van der Waals surface area contributed by atoms with Crippen LogP contribution in [0, 0.1) is 0 Å². The monoisotopic (exact) mass is 513 g/mol. The van der Waals surface area contributed by atoms with Crippen molar-refractivity contribution in [3.05, 3.63) is 40.7 Å². The van der Waals surface area contributed by atoms with E-state index in [4.69, 9.17) is 16.3 Å². The highest BCUT2D eigenvalue weighted by atomic mass is 35.5. The van der Waals surface area contributed by atoms with E-state index >= 15 is 0 Å². The zero-order valence-electron chi connectivity index (χ0n) is 18.7.